The number of hydrogen-bond donors (Lipinski definition) is 3. The van der Waals surface area contributed by atoms with E-state index in [-0.39, 0.29) is 5.91 Å². The van der Waals surface area contributed by atoms with Crippen molar-refractivity contribution < 1.29 is 4.79 Å². The smallest absolute Gasteiger partial charge is 0.233 e. The summed E-state index contributed by atoms with van der Waals surface area (Å²) in [6.07, 6.45) is 1.96. The number of aromatic nitrogens is 2. The van der Waals surface area contributed by atoms with Crippen LogP contribution in [-0.4, -0.2) is 21.6 Å². The van der Waals surface area contributed by atoms with Gasteiger partial charge in [0, 0.05) is 17.3 Å². The number of nitrogens with two attached hydrogens (primary N) is 1. The number of aryl methyl sites for hydroxylation is 1. The lowest BCUT2D eigenvalue weighted by molar-refractivity contribution is -0.126. The zero-order valence-electron chi connectivity index (χ0n) is 11.9. The fraction of sp³-hybridized carbons (Fsp3) is 0.692. The van der Waals surface area contributed by atoms with Gasteiger partial charge >= 0.3 is 0 Å². The van der Waals surface area contributed by atoms with E-state index in [1.54, 1.807) is 0 Å². The Balaban J connectivity index is 2.75. The Bertz CT molecular complexity index is 415. The first-order chi connectivity index (χ1) is 8.18. The number of amides is 1. The molecule has 1 rings (SSSR count). The van der Waals surface area contributed by atoms with E-state index in [2.05, 4.69) is 22.4 Å². The Kier molecular flexibility index (Phi) is 4.16. The molecule has 0 aliphatic rings. The van der Waals surface area contributed by atoms with Crippen molar-refractivity contribution in [3.63, 3.8) is 0 Å². The van der Waals surface area contributed by atoms with Crippen LogP contribution in [0.25, 0.3) is 0 Å². The molecule has 1 heterocycles. The van der Waals surface area contributed by atoms with Crippen LogP contribution in [0.3, 0.4) is 0 Å². The lowest BCUT2D eigenvalue weighted by atomic mass is 9.74. The first-order valence-corrected chi connectivity index (χ1v) is 6.33. The molecule has 0 saturated carbocycles. The minimum atomic E-state index is -0.670. The lowest BCUT2D eigenvalue weighted by Gasteiger charge is -2.36. The molecule has 1 amide bonds. The van der Waals surface area contributed by atoms with E-state index in [1.165, 1.54) is 0 Å². The molecule has 0 atom stereocenters. The number of hydrogen-bond acceptors (Lipinski definition) is 3. The highest BCUT2D eigenvalue weighted by molar-refractivity contribution is 5.95. The van der Waals surface area contributed by atoms with Gasteiger partial charge in [-0.15, -0.1) is 0 Å². The normalized spacial score (nSPS) is 12.6. The fourth-order valence-electron chi connectivity index (χ4n) is 1.39. The monoisotopic (exact) mass is 252 g/mol. The second-order valence-corrected chi connectivity index (χ2v) is 5.83. The molecule has 4 N–H and O–H groups in total. The molecular weight excluding hydrogens is 228 g/mol. The summed E-state index contributed by atoms with van der Waals surface area (Å²) in [6.45, 7) is 9.46. The standard InChI is InChI=1S/C13H24N4O/c1-6-7-9-8-10(17-16-9)15-11(18)12(2,3)13(4,5)14/h8H,6-7,14H2,1-5H3,(H2,15,16,17,18). The number of nitrogens with one attached hydrogen (secondary N) is 2. The molecule has 1 aromatic heterocycles. The van der Waals surface area contributed by atoms with Crippen molar-refractivity contribution in [2.45, 2.75) is 53.0 Å². The molecule has 5 nitrogen and oxygen atoms in total. The van der Waals surface area contributed by atoms with E-state index >= 15 is 0 Å². The maximum Gasteiger partial charge on any atom is 0.233 e. The third-order valence-corrected chi connectivity index (χ3v) is 3.57. The van der Waals surface area contributed by atoms with Crippen molar-refractivity contribution in [3.05, 3.63) is 11.8 Å². The van der Waals surface area contributed by atoms with Gasteiger partial charge in [-0.05, 0) is 34.1 Å². The summed E-state index contributed by atoms with van der Waals surface area (Å²) in [5, 5.41) is 9.79. The quantitative estimate of drug-likeness (QED) is 0.750. The van der Waals surface area contributed by atoms with E-state index in [0.29, 0.717) is 5.82 Å². The van der Waals surface area contributed by atoms with Crippen molar-refractivity contribution in [1.82, 2.24) is 10.2 Å². The molecule has 0 aromatic carbocycles. The Morgan fingerprint density at radius 2 is 2.06 bits per heavy atom. The number of carbonyl (C=O) groups is 1. The van der Waals surface area contributed by atoms with Crippen LogP contribution in [0.2, 0.25) is 0 Å². The van der Waals surface area contributed by atoms with Gasteiger partial charge in [0.2, 0.25) is 5.91 Å². The van der Waals surface area contributed by atoms with E-state index in [4.69, 9.17) is 5.73 Å². The van der Waals surface area contributed by atoms with Crippen molar-refractivity contribution in [1.29, 1.82) is 0 Å². The zero-order valence-corrected chi connectivity index (χ0v) is 11.9. The van der Waals surface area contributed by atoms with Gasteiger partial charge in [0.1, 0.15) is 0 Å². The van der Waals surface area contributed by atoms with Crippen LogP contribution in [0.5, 0.6) is 0 Å². The van der Waals surface area contributed by atoms with Gasteiger partial charge in [-0.3, -0.25) is 9.89 Å². The van der Waals surface area contributed by atoms with Crippen LogP contribution in [0.15, 0.2) is 6.07 Å². The highest BCUT2D eigenvalue weighted by Gasteiger charge is 2.40. The predicted molar refractivity (Wildman–Crippen MR) is 73.3 cm³/mol. The maximum atomic E-state index is 12.2. The first-order valence-electron chi connectivity index (χ1n) is 6.33. The van der Waals surface area contributed by atoms with Gasteiger partial charge in [-0.25, -0.2) is 0 Å². The summed E-state index contributed by atoms with van der Waals surface area (Å²) >= 11 is 0. The van der Waals surface area contributed by atoms with Gasteiger partial charge in [0.15, 0.2) is 5.82 Å². The molecule has 1 aromatic rings. The van der Waals surface area contributed by atoms with Crippen LogP contribution in [0.1, 0.15) is 46.7 Å². The van der Waals surface area contributed by atoms with Crippen molar-refractivity contribution in [2.24, 2.45) is 11.1 Å². The van der Waals surface area contributed by atoms with Crippen molar-refractivity contribution in [2.75, 3.05) is 5.32 Å². The van der Waals surface area contributed by atoms with Crippen LogP contribution < -0.4 is 11.1 Å². The van der Waals surface area contributed by atoms with E-state index in [1.807, 2.05) is 33.8 Å². The summed E-state index contributed by atoms with van der Waals surface area (Å²) in [7, 11) is 0. The number of carbonyl (C=O) groups excluding carboxylic acids is 1. The highest BCUT2D eigenvalue weighted by Crippen LogP contribution is 2.29. The summed E-state index contributed by atoms with van der Waals surface area (Å²) < 4.78 is 0. The number of rotatable bonds is 5. The van der Waals surface area contributed by atoms with E-state index in [0.717, 1.165) is 18.5 Å². The SMILES string of the molecule is CCCc1cc(NC(=O)C(C)(C)C(C)(C)N)n[nH]1. The van der Waals surface area contributed by atoms with Gasteiger partial charge < -0.3 is 11.1 Å². The predicted octanol–water partition coefficient (Wildman–Crippen LogP) is 2.06. The minimum absolute atomic E-state index is 0.121. The number of nitrogens with zero attached hydrogens (tertiary/aromatic N) is 1. The zero-order chi connectivity index (χ0) is 14.0. The largest absolute Gasteiger partial charge is 0.325 e. The fourth-order valence-corrected chi connectivity index (χ4v) is 1.39. The molecule has 0 unspecified atom stereocenters. The van der Waals surface area contributed by atoms with E-state index in [9.17, 15) is 4.79 Å². The number of H-pyrrole nitrogens is 1. The summed E-state index contributed by atoms with van der Waals surface area (Å²) in [4.78, 5) is 12.2. The minimum Gasteiger partial charge on any atom is -0.325 e. The van der Waals surface area contributed by atoms with Gasteiger partial charge in [0.05, 0.1) is 5.41 Å². The summed E-state index contributed by atoms with van der Waals surface area (Å²) in [6, 6.07) is 1.86. The lowest BCUT2D eigenvalue weighted by Crippen LogP contribution is -2.53. The average molecular weight is 252 g/mol. The third kappa shape index (κ3) is 3.10. The highest BCUT2D eigenvalue weighted by atomic mass is 16.2. The second kappa shape index (κ2) is 5.10. The Hall–Kier alpha value is -1.36. The topological polar surface area (TPSA) is 83.8 Å². The molecule has 0 fully saturated rings. The van der Waals surface area contributed by atoms with Gasteiger partial charge in [-0.2, -0.15) is 5.10 Å². The molecule has 18 heavy (non-hydrogen) atoms. The third-order valence-electron chi connectivity index (χ3n) is 3.57. The van der Waals surface area contributed by atoms with Crippen LogP contribution in [-0.2, 0) is 11.2 Å². The first kappa shape index (κ1) is 14.7. The summed E-state index contributed by atoms with van der Waals surface area (Å²) in [5.74, 6) is 0.435. The molecule has 102 valence electrons. The molecular formula is C13H24N4O. The Morgan fingerprint density at radius 3 is 2.56 bits per heavy atom. The van der Waals surface area contributed by atoms with Crippen LogP contribution >= 0.6 is 0 Å². The molecule has 0 aliphatic heterocycles. The molecule has 0 bridgehead atoms. The molecule has 5 heteroatoms. The molecule has 0 radical (unpaired) electrons. The van der Waals surface area contributed by atoms with Crippen molar-refractivity contribution >= 4 is 11.7 Å². The van der Waals surface area contributed by atoms with E-state index < -0.39 is 11.0 Å². The van der Waals surface area contributed by atoms with Crippen LogP contribution in [0.4, 0.5) is 5.82 Å². The maximum absolute atomic E-state index is 12.2. The molecule has 0 spiro atoms. The number of anilines is 1. The average Bonchev–Trinajstić information content (AvgIpc) is 2.64. The molecule has 0 saturated heterocycles. The summed E-state index contributed by atoms with van der Waals surface area (Å²) in [5.41, 5.74) is 5.79. The van der Waals surface area contributed by atoms with Gasteiger partial charge in [-0.1, -0.05) is 13.3 Å². The Labute approximate surface area is 109 Å². The molecule has 0 aliphatic carbocycles. The van der Waals surface area contributed by atoms with Crippen LogP contribution in [0, 0.1) is 5.41 Å². The number of aromatic amines is 1. The second-order valence-electron chi connectivity index (χ2n) is 5.83. The Morgan fingerprint density at radius 1 is 1.44 bits per heavy atom. The van der Waals surface area contributed by atoms with Gasteiger partial charge in [0.25, 0.3) is 0 Å². The van der Waals surface area contributed by atoms with Crippen molar-refractivity contribution in [3.8, 4) is 0 Å².